The molecule has 2 saturated carbocycles. The van der Waals surface area contributed by atoms with Gasteiger partial charge < -0.3 is 10.3 Å². The fourth-order valence-corrected chi connectivity index (χ4v) is 4.56. The second kappa shape index (κ2) is 3.83. The first kappa shape index (κ1) is 12.2. The van der Waals surface area contributed by atoms with Crippen LogP contribution in [0.4, 0.5) is 0 Å². The molecule has 3 nitrogen and oxygen atoms in total. The van der Waals surface area contributed by atoms with E-state index in [0.29, 0.717) is 22.9 Å². The number of nitrogens with one attached hydrogen (secondary N) is 2. The summed E-state index contributed by atoms with van der Waals surface area (Å²) in [4.78, 5) is 7.59. The van der Waals surface area contributed by atoms with Gasteiger partial charge >= 0.3 is 0 Å². The molecule has 1 aromatic heterocycles. The molecule has 3 rings (SSSR count). The number of hydrogen-bond donors (Lipinski definition) is 2. The summed E-state index contributed by atoms with van der Waals surface area (Å²) in [6.45, 7) is 9.56. The largest absolute Gasteiger partial charge is 0.347 e. The molecule has 2 N–H and O–H groups in total. The van der Waals surface area contributed by atoms with Gasteiger partial charge in [-0.05, 0) is 42.9 Å². The van der Waals surface area contributed by atoms with Crippen molar-refractivity contribution in [3.63, 3.8) is 0 Å². The van der Waals surface area contributed by atoms with Gasteiger partial charge in [-0.25, -0.2) is 4.98 Å². The van der Waals surface area contributed by atoms with Gasteiger partial charge in [-0.2, -0.15) is 0 Å². The van der Waals surface area contributed by atoms with E-state index in [0.717, 1.165) is 11.7 Å². The molecule has 18 heavy (non-hydrogen) atoms. The Morgan fingerprint density at radius 2 is 2.22 bits per heavy atom. The molecule has 3 heteroatoms. The smallest absolute Gasteiger partial charge is 0.122 e. The lowest BCUT2D eigenvalue weighted by molar-refractivity contribution is 0.0994. The maximum Gasteiger partial charge on any atom is 0.122 e. The molecule has 1 heterocycles. The molecule has 4 atom stereocenters. The third-order valence-electron chi connectivity index (χ3n) is 5.62. The van der Waals surface area contributed by atoms with Crippen molar-refractivity contribution in [1.29, 1.82) is 0 Å². The average molecular weight is 247 g/mol. The molecule has 0 saturated heterocycles. The van der Waals surface area contributed by atoms with Gasteiger partial charge in [0, 0.05) is 18.4 Å². The molecule has 0 spiro atoms. The van der Waals surface area contributed by atoms with Crippen molar-refractivity contribution in [2.45, 2.75) is 59.0 Å². The fourth-order valence-electron chi connectivity index (χ4n) is 4.56. The molecule has 0 amide bonds. The zero-order chi connectivity index (χ0) is 13.0. The molecular formula is C15H25N3. The highest BCUT2D eigenvalue weighted by molar-refractivity contribution is 5.13. The lowest BCUT2D eigenvalue weighted by atomic mass is 9.68. The standard InChI is InChI=1S/C15H25N3/c1-10(12-16-7-8-17-12)18-13-14(2,3)11-5-6-15(13,4)9-11/h7-8,10-11,13,18H,5-6,9H2,1-4H3,(H,16,17)/t10?,11-,13?,15+/m0/s1. The molecule has 0 aliphatic heterocycles. The Labute approximate surface area is 110 Å². The van der Waals surface area contributed by atoms with Crippen LogP contribution in [-0.4, -0.2) is 16.0 Å². The van der Waals surface area contributed by atoms with Crippen molar-refractivity contribution >= 4 is 0 Å². The molecule has 1 aromatic rings. The van der Waals surface area contributed by atoms with Crippen molar-refractivity contribution in [2.75, 3.05) is 0 Å². The molecule has 2 fully saturated rings. The van der Waals surface area contributed by atoms with Crippen LogP contribution in [0.1, 0.15) is 58.8 Å². The second-order valence-electron chi connectivity index (χ2n) is 7.21. The molecule has 2 aliphatic carbocycles. The maximum atomic E-state index is 4.37. The Morgan fingerprint density at radius 1 is 1.44 bits per heavy atom. The summed E-state index contributed by atoms with van der Waals surface area (Å²) in [6, 6.07) is 0.907. The van der Waals surface area contributed by atoms with Crippen molar-refractivity contribution in [2.24, 2.45) is 16.7 Å². The number of fused-ring (bicyclic) bond motifs is 2. The first-order valence-electron chi connectivity index (χ1n) is 7.19. The maximum absolute atomic E-state index is 4.37. The summed E-state index contributed by atoms with van der Waals surface area (Å²) in [5.41, 5.74) is 0.892. The highest BCUT2D eigenvalue weighted by Gasteiger charge is 2.59. The van der Waals surface area contributed by atoms with Crippen LogP contribution in [0.2, 0.25) is 0 Å². The Bertz CT molecular complexity index is 418. The van der Waals surface area contributed by atoms with Crippen LogP contribution in [0.15, 0.2) is 12.4 Å². The first-order chi connectivity index (χ1) is 8.43. The first-order valence-corrected chi connectivity index (χ1v) is 7.19. The normalized spacial score (nSPS) is 39.1. The van der Waals surface area contributed by atoms with E-state index in [1.54, 1.807) is 0 Å². The minimum atomic E-state index is 0.306. The quantitative estimate of drug-likeness (QED) is 0.860. The lowest BCUT2D eigenvalue weighted by Crippen LogP contribution is -2.51. The third-order valence-corrected chi connectivity index (χ3v) is 5.62. The Balaban J connectivity index is 1.80. The predicted octanol–water partition coefficient (Wildman–Crippen LogP) is 3.28. The topological polar surface area (TPSA) is 40.7 Å². The fraction of sp³-hybridized carbons (Fsp3) is 0.800. The van der Waals surface area contributed by atoms with Gasteiger partial charge in [0.1, 0.15) is 5.82 Å². The van der Waals surface area contributed by atoms with E-state index in [9.17, 15) is 0 Å². The highest BCUT2D eigenvalue weighted by Crippen LogP contribution is 2.62. The molecule has 2 aliphatic rings. The van der Waals surface area contributed by atoms with Gasteiger partial charge in [0.05, 0.1) is 6.04 Å². The van der Waals surface area contributed by atoms with Crippen molar-refractivity contribution in [3.8, 4) is 0 Å². The molecular weight excluding hydrogens is 222 g/mol. The Morgan fingerprint density at radius 3 is 2.78 bits per heavy atom. The third kappa shape index (κ3) is 1.63. The van der Waals surface area contributed by atoms with Crippen LogP contribution in [0, 0.1) is 16.7 Å². The number of aromatic nitrogens is 2. The second-order valence-corrected chi connectivity index (χ2v) is 7.21. The zero-order valence-corrected chi connectivity index (χ0v) is 12.0. The molecule has 0 radical (unpaired) electrons. The zero-order valence-electron chi connectivity index (χ0n) is 12.0. The van der Waals surface area contributed by atoms with E-state index >= 15 is 0 Å². The molecule has 0 aromatic carbocycles. The van der Waals surface area contributed by atoms with E-state index in [1.807, 2.05) is 12.4 Å². The van der Waals surface area contributed by atoms with Crippen molar-refractivity contribution in [1.82, 2.24) is 15.3 Å². The van der Waals surface area contributed by atoms with Crippen LogP contribution >= 0.6 is 0 Å². The summed E-state index contributed by atoms with van der Waals surface area (Å²) in [5.74, 6) is 1.95. The molecule has 100 valence electrons. The van der Waals surface area contributed by atoms with Crippen molar-refractivity contribution < 1.29 is 0 Å². The summed E-state index contributed by atoms with van der Waals surface area (Å²) in [6.07, 6.45) is 7.92. The van der Waals surface area contributed by atoms with Crippen LogP contribution in [0.25, 0.3) is 0 Å². The highest BCUT2D eigenvalue weighted by atomic mass is 15.1. The number of nitrogens with zero attached hydrogens (tertiary/aromatic N) is 1. The summed E-state index contributed by atoms with van der Waals surface area (Å²) in [5, 5.41) is 3.85. The van der Waals surface area contributed by atoms with Crippen LogP contribution < -0.4 is 5.32 Å². The van der Waals surface area contributed by atoms with Crippen LogP contribution in [-0.2, 0) is 0 Å². The average Bonchev–Trinajstić information content (AvgIpc) is 2.96. The van der Waals surface area contributed by atoms with Crippen LogP contribution in [0.5, 0.6) is 0 Å². The number of hydrogen-bond acceptors (Lipinski definition) is 2. The van der Waals surface area contributed by atoms with Gasteiger partial charge in [0.2, 0.25) is 0 Å². The predicted molar refractivity (Wildman–Crippen MR) is 73.2 cm³/mol. The molecule has 2 unspecified atom stereocenters. The summed E-state index contributed by atoms with van der Waals surface area (Å²) < 4.78 is 0. The van der Waals surface area contributed by atoms with E-state index in [2.05, 4.69) is 43.0 Å². The van der Waals surface area contributed by atoms with Gasteiger partial charge in [0.25, 0.3) is 0 Å². The minimum Gasteiger partial charge on any atom is -0.347 e. The SMILES string of the molecule is CC(NC1C(C)(C)[C@H]2CC[C@]1(C)C2)c1ncc[nH]1. The minimum absolute atomic E-state index is 0.306. The number of aromatic amines is 1. The number of H-pyrrole nitrogens is 1. The van der Waals surface area contributed by atoms with Gasteiger partial charge in [-0.15, -0.1) is 0 Å². The molecule has 2 bridgehead atoms. The van der Waals surface area contributed by atoms with E-state index in [1.165, 1.54) is 19.3 Å². The van der Waals surface area contributed by atoms with E-state index < -0.39 is 0 Å². The van der Waals surface area contributed by atoms with Crippen LogP contribution in [0.3, 0.4) is 0 Å². The van der Waals surface area contributed by atoms with Gasteiger partial charge in [0.15, 0.2) is 0 Å². The van der Waals surface area contributed by atoms with E-state index in [4.69, 9.17) is 0 Å². The van der Waals surface area contributed by atoms with Crippen molar-refractivity contribution in [3.05, 3.63) is 18.2 Å². The monoisotopic (exact) mass is 247 g/mol. The Hall–Kier alpha value is -0.830. The number of imidazole rings is 1. The Kier molecular flexibility index (Phi) is 2.60. The lowest BCUT2D eigenvalue weighted by Gasteiger charge is -2.44. The van der Waals surface area contributed by atoms with Gasteiger partial charge in [-0.3, -0.25) is 0 Å². The summed E-state index contributed by atoms with van der Waals surface area (Å²) in [7, 11) is 0. The van der Waals surface area contributed by atoms with Gasteiger partial charge in [-0.1, -0.05) is 20.8 Å². The van der Waals surface area contributed by atoms with E-state index in [-0.39, 0.29) is 0 Å². The summed E-state index contributed by atoms with van der Waals surface area (Å²) >= 11 is 0. The number of rotatable bonds is 3.